The SMILES string of the molecule is Clc1ccc(-c2c3nc(c(-c4ccc(Cl)cc4)c4[nH]c(c(-c5ccc(Cl)cc5)c5nc(nc6[nH]c2c2cc7ccccc7cc62)-c2cc6ccccc6cc2-5)c2cc5ccccc5cc42)-c2cc4ccccc4cc2-3)cc1. The summed E-state index contributed by atoms with van der Waals surface area (Å²) in [6.45, 7) is 0. The number of aromatic amines is 2. The first-order chi connectivity index (χ1) is 37.8. The summed E-state index contributed by atoms with van der Waals surface area (Å²) >= 11 is 20.3. The van der Waals surface area contributed by atoms with Crippen LogP contribution < -0.4 is 0 Å². The summed E-state index contributed by atoms with van der Waals surface area (Å²) in [5, 5.41) is 14.7. The maximum Gasteiger partial charge on any atom is 0.162 e. The third kappa shape index (κ3) is 6.98. The van der Waals surface area contributed by atoms with Crippen LogP contribution in [0.15, 0.2) is 218 Å². The van der Waals surface area contributed by atoms with Crippen LogP contribution in [0, 0.1) is 0 Å². The molecule has 2 aliphatic heterocycles. The van der Waals surface area contributed by atoms with Crippen molar-refractivity contribution in [1.29, 1.82) is 0 Å². The van der Waals surface area contributed by atoms with Crippen molar-refractivity contribution in [3.8, 4) is 78.5 Å². The van der Waals surface area contributed by atoms with Crippen LogP contribution in [-0.4, -0.2) is 24.9 Å². The predicted octanol–water partition coefficient (Wildman–Crippen LogP) is 20.3. The van der Waals surface area contributed by atoms with Crippen LogP contribution in [-0.2, 0) is 0 Å². The number of fused-ring (bicyclic) bond motifs is 24. The summed E-state index contributed by atoms with van der Waals surface area (Å²) in [5.41, 5.74) is 15.2. The summed E-state index contributed by atoms with van der Waals surface area (Å²) in [4.78, 5) is 25.7. The van der Waals surface area contributed by atoms with Crippen LogP contribution in [0.5, 0.6) is 0 Å². The van der Waals surface area contributed by atoms with Crippen molar-refractivity contribution in [1.82, 2.24) is 24.9 Å². The van der Waals surface area contributed by atoms with Crippen LogP contribution in [0.25, 0.3) is 165 Å². The molecule has 11 aromatic carbocycles. The van der Waals surface area contributed by atoms with Gasteiger partial charge >= 0.3 is 0 Å². The Bertz CT molecular complexity index is 5020. The molecule has 0 aliphatic carbocycles. The molecule has 0 atom stereocenters. The van der Waals surface area contributed by atoms with Crippen molar-refractivity contribution < 1.29 is 0 Å². The Kier molecular flexibility index (Phi) is 9.74. The quantitative estimate of drug-likeness (QED) is 0.185. The molecule has 0 saturated heterocycles. The highest BCUT2D eigenvalue weighted by atomic mass is 35.5. The van der Waals surface area contributed by atoms with Crippen LogP contribution in [0.3, 0.4) is 0 Å². The number of halogens is 3. The number of rotatable bonds is 3. The molecule has 2 aliphatic rings. The minimum Gasteiger partial charge on any atom is -0.353 e. The van der Waals surface area contributed by atoms with E-state index >= 15 is 0 Å². The first kappa shape index (κ1) is 44.2. The highest BCUT2D eigenvalue weighted by Crippen LogP contribution is 2.52. The van der Waals surface area contributed by atoms with Gasteiger partial charge in [0.05, 0.1) is 33.6 Å². The summed E-state index contributed by atoms with van der Waals surface area (Å²) < 4.78 is 0. The van der Waals surface area contributed by atoms with Crippen molar-refractivity contribution in [3.63, 3.8) is 0 Å². The van der Waals surface area contributed by atoms with Crippen LogP contribution >= 0.6 is 34.8 Å². The van der Waals surface area contributed by atoms with Gasteiger partial charge < -0.3 is 9.97 Å². The zero-order chi connectivity index (χ0) is 51.0. The molecule has 16 rings (SSSR count). The molecule has 0 radical (unpaired) electrons. The van der Waals surface area contributed by atoms with E-state index in [1.54, 1.807) is 0 Å². The van der Waals surface area contributed by atoms with Crippen LogP contribution in [0.2, 0.25) is 15.1 Å². The second kappa shape index (κ2) is 17.0. The molecule has 14 aromatic rings. The Morgan fingerprint density at radius 1 is 0.273 bits per heavy atom. The lowest BCUT2D eigenvalue weighted by molar-refractivity contribution is 1.27. The second-order valence-electron chi connectivity index (χ2n) is 20.1. The summed E-state index contributed by atoms with van der Waals surface area (Å²) in [5.74, 6) is 0.593. The first-order valence-corrected chi connectivity index (χ1v) is 26.7. The third-order valence-electron chi connectivity index (χ3n) is 15.6. The van der Waals surface area contributed by atoms with Gasteiger partial charge in [-0.2, -0.15) is 0 Å². The average molecular weight is 1040 g/mol. The molecular weight excluding hydrogens is 1010 g/mol. The van der Waals surface area contributed by atoms with Crippen molar-refractivity contribution in [3.05, 3.63) is 233 Å². The van der Waals surface area contributed by atoms with E-state index in [0.29, 0.717) is 26.5 Å². The van der Waals surface area contributed by atoms with E-state index in [-0.39, 0.29) is 0 Å². The number of benzene rings is 11. The molecular formula is C69H38Cl3N5. The van der Waals surface area contributed by atoms with Gasteiger partial charge in [-0.15, -0.1) is 0 Å². The fourth-order valence-corrected chi connectivity index (χ4v) is 12.4. The zero-order valence-electron chi connectivity index (χ0n) is 40.8. The number of nitrogens with zero attached hydrogens (tertiary/aromatic N) is 3. The molecule has 0 fully saturated rings. The van der Waals surface area contributed by atoms with E-state index < -0.39 is 0 Å². The number of hydrogen-bond donors (Lipinski definition) is 2. The van der Waals surface area contributed by atoms with Gasteiger partial charge in [0.15, 0.2) is 5.82 Å². The van der Waals surface area contributed by atoms with E-state index in [1.165, 1.54) is 0 Å². The molecule has 3 aromatic heterocycles. The minimum atomic E-state index is 0.593. The summed E-state index contributed by atoms with van der Waals surface area (Å²) in [6, 6.07) is 76.8. The first-order valence-electron chi connectivity index (χ1n) is 25.6. The largest absolute Gasteiger partial charge is 0.353 e. The molecule has 0 saturated carbocycles. The molecule has 8 bridgehead atoms. The molecule has 5 nitrogen and oxygen atoms in total. The van der Waals surface area contributed by atoms with E-state index in [9.17, 15) is 0 Å². The van der Waals surface area contributed by atoms with E-state index in [4.69, 9.17) is 49.8 Å². The predicted molar refractivity (Wildman–Crippen MR) is 324 cm³/mol. The lowest BCUT2D eigenvalue weighted by atomic mass is 9.91. The van der Waals surface area contributed by atoms with Gasteiger partial charge in [-0.25, -0.2) is 15.0 Å². The lowest BCUT2D eigenvalue weighted by Crippen LogP contribution is -1.88. The summed E-state index contributed by atoms with van der Waals surface area (Å²) in [6.07, 6.45) is 0. The third-order valence-corrected chi connectivity index (χ3v) is 16.4. The smallest absolute Gasteiger partial charge is 0.162 e. The van der Waals surface area contributed by atoms with Gasteiger partial charge in [0.25, 0.3) is 0 Å². The Balaban J connectivity index is 1.23. The normalized spacial score (nSPS) is 12.1. The van der Waals surface area contributed by atoms with Crippen molar-refractivity contribution in [2.75, 3.05) is 0 Å². The Morgan fingerprint density at radius 2 is 0.571 bits per heavy atom. The van der Waals surface area contributed by atoms with Crippen molar-refractivity contribution in [2.24, 2.45) is 0 Å². The van der Waals surface area contributed by atoms with Gasteiger partial charge in [0.1, 0.15) is 5.65 Å². The molecule has 77 heavy (non-hydrogen) atoms. The minimum absolute atomic E-state index is 0.593. The van der Waals surface area contributed by atoms with Crippen molar-refractivity contribution >= 4 is 122 Å². The molecule has 360 valence electrons. The molecule has 0 amide bonds. The monoisotopic (exact) mass is 1040 g/mol. The maximum atomic E-state index is 6.80. The van der Waals surface area contributed by atoms with Crippen LogP contribution in [0.4, 0.5) is 0 Å². The number of nitrogens with one attached hydrogen (secondary N) is 2. The zero-order valence-corrected chi connectivity index (χ0v) is 43.0. The molecule has 0 unspecified atom stereocenters. The number of aromatic nitrogens is 5. The van der Waals surface area contributed by atoms with E-state index in [2.05, 4.69) is 192 Å². The second-order valence-corrected chi connectivity index (χ2v) is 21.4. The van der Waals surface area contributed by atoms with E-state index in [0.717, 1.165) is 154 Å². The van der Waals surface area contributed by atoms with Gasteiger partial charge in [0.2, 0.25) is 0 Å². The van der Waals surface area contributed by atoms with Gasteiger partial charge in [-0.3, -0.25) is 0 Å². The van der Waals surface area contributed by atoms with Gasteiger partial charge in [0, 0.05) is 75.6 Å². The maximum absolute atomic E-state index is 6.80. The molecule has 5 heterocycles. The Morgan fingerprint density at radius 3 is 0.961 bits per heavy atom. The highest BCUT2D eigenvalue weighted by Gasteiger charge is 2.30. The number of H-pyrrole nitrogens is 2. The summed E-state index contributed by atoms with van der Waals surface area (Å²) in [7, 11) is 0. The number of hydrogen-bond acceptors (Lipinski definition) is 3. The fourth-order valence-electron chi connectivity index (χ4n) is 12.0. The Hall–Kier alpha value is -9.10. The molecule has 2 N–H and O–H groups in total. The highest BCUT2D eigenvalue weighted by molar-refractivity contribution is 6.32. The molecule has 0 spiro atoms. The van der Waals surface area contributed by atoms with Crippen LogP contribution in [0.1, 0.15) is 0 Å². The average Bonchev–Trinajstić information content (AvgIpc) is 4.36. The molecule has 8 heteroatoms. The standard InChI is InChI=1S/C69H38Cl3N5/c70-48-23-17-37(18-24-48)59-62-51-29-40-9-1-3-11-42(40)31-53(51)64(73-62)60(38-19-25-49(71)26-20-38)66-55-33-44-13-5-7-15-46(44)35-57(55)68(75-66)77-69-58-36-47-16-8-6-14-45(47)34-56(58)67(76-69)61(39-21-27-50(72)28-22-39)65-54-32-43-12-4-2-10-41(43)30-52(54)63(59)74-65/h1-36,73H,(H,75,76,77). The Labute approximate surface area is 455 Å². The van der Waals surface area contributed by atoms with E-state index in [1.807, 2.05) is 36.4 Å². The van der Waals surface area contributed by atoms with Gasteiger partial charge in [-0.1, -0.05) is 168 Å². The fraction of sp³-hybridized carbons (Fsp3) is 0. The lowest BCUT2D eigenvalue weighted by Gasteiger charge is -2.10. The van der Waals surface area contributed by atoms with Gasteiger partial charge in [-0.05, 0) is 145 Å². The topological polar surface area (TPSA) is 70.2 Å². The van der Waals surface area contributed by atoms with Crippen molar-refractivity contribution in [2.45, 2.75) is 0 Å².